The molecule has 2 rings (SSSR count). The van der Waals surface area contributed by atoms with Crippen LogP contribution in [0, 0.1) is 6.92 Å². The normalized spacial score (nSPS) is 12.4. The fourth-order valence-corrected chi connectivity index (χ4v) is 2.20. The number of nitrogens with zero attached hydrogens (tertiary/aromatic N) is 1. The summed E-state index contributed by atoms with van der Waals surface area (Å²) in [6, 6.07) is 11.6. The molecule has 0 bridgehead atoms. The van der Waals surface area contributed by atoms with Crippen molar-refractivity contribution in [3.63, 3.8) is 0 Å². The molecule has 2 aromatic rings. The molecule has 3 heteroatoms. The van der Waals surface area contributed by atoms with Crippen molar-refractivity contribution < 1.29 is 0 Å². The number of alkyl halides is 1. The van der Waals surface area contributed by atoms with Crippen molar-refractivity contribution in [2.24, 2.45) is 0 Å². The van der Waals surface area contributed by atoms with Crippen LogP contribution in [0.4, 0.5) is 0 Å². The lowest BCUT2D eigenvalue weighted by Crippen LogP contribution is -2.00. The van der Waals surface area contributed by atoms with Gasteiger partial charge in [-0.2, -0.15) is 0 Å². The van der Waals surface area contributed by atoms with Gasteiger partial charge in [0, 0.05) is 23.3 Å². The van der Waals surface area contributed by atoms with E-state index in [-0.39, 0.29) is 5.38 Å². The van der Waals surface area contributed by atoms with Gasteiger partial charge in [0.2, 0.25) is 0 Å². The summed E-state index contributed by atoms with van der Waals surface area (Å²) in [5, 5.41) is 0.619. The molecule has 1 heterocycles. The minimum absolute atomic E-state index is 0.0951. The van der Waals surface area contributed by atoms with Crippen LogP contribution in [0.1, 0.15) is 22.2 Å². The summed E-state index contributed by atoms with van der Waals surface area (Å²) in [6.07, 6.45) is 2.51. The molecule has 1 aromatic carbocycles. The predicted molar refractivity (Wildman–Crippen MR) is 72.7 cm³/mol. The number of aryl methyl sites for hydroxylation is 1. The highest BCUT2D eigenvalue weighted by Crippen LogP contribution is 2.27. The highest BCUT2D eigenvalue weighted by atomic mass is 35.5. The van der Waals surface area contributed by atoms with Crippen molar-refractivity contribution in [3.05, 3.63) is 64.4 Å². The van der Waals surface area contributed by atoms with E-state index in [0.29, 0.717) is 11.4 Å². The first kappa shape index (κ1) is 12.4. The summed E-state index contributed by atoms with van der Waals surface area (Å²) >= 11 is 12.3. The van der Waals surface area contributed by atoms with Crippen molar-refractivity contribution in [1.29, 1.82) is 0 Å². The number of benzene rings is 1. The van der Waals surface area contributed by atoms with E-state index in [4.69, 9.17) is 23.2 Å². The second-order valence-corrected chi connectivity index (χ2v) is 4.96. The van der Waals surface area contributed by atoms with Crippen LogP contribution in [-0.4, -0.2) is 4.98 Å². The minimum Gasteiger partial charge on any atom is -0.261 e. The van der Waals surface area contributed by atoms with E-state index in [0.717, 1.165) is 11.3 Å². The average Bonchev–Trinajstić information content (AvgIpc) is 2.32. The van der Waals surface area contributed by atoms with Gasteiger partial charge in [-0.3, -0.25) is 4.98 Å². The second-order valence-electron chi connectivity index (χ2n) is 3.99. The van der Waals surface area contributed by atoms with Gasteiger partial charge in [-0.05, 0) is 36.2 Å². The van der Waals surface area contributed by atoms with Crippen LogP contribution < -0.4 is 0 Å². The molecular weight excluding hydrogens is 253 g/mol. The number of rotatable bonds is 3. The van der Waals surface area contributed by atoms with Gasteiger partial charge in [0.15, 0.2) is 0 Å². The van der Waals surface area contributed by atoms with Gasteiger partial charge in [0.1, 0.15) is 0 Å². The highest BCUT2D eigenvalue weighted by Gasteiger charge is 2.11. The van der Waals surface area contributed by atoms with E-state index in [1.54, 1.807) is 6.20 Å². The minimum atomic E-state index is -0.0951. The third kappa shape index (κ3) is 3.21. The van der Waals surface area contributed by atoms with Gasteiger partial charge in [0.25, 0.3) is 0 Å². The Hall–Kier alpha value is -1.05. The van der Waals surface area contributed by atoms with E-state index in [9.17, 15) is 0 Å². The van der Waals surface area contributed by atoms with E-state index in [1.807, 2.05) is 43.3 Å². The zero-order chi connectivity index (χ0) is 12.3. The zero-order valence-corrected chi connectivity index (χ0v) is 11.0. The zero-order valence-electron chi connectivity index (χ0n) is 9.53. The van der Waals surface area contributed by atoms with Crippen molar-refractivity contribution in [2.75, 3.05) is 0 Å². The molecule has 1 atom stereocenters. The second kappa shape index (κ2) is 5.52. The summed E-state index contributed by atoms with van der Waals surface area (Å²) in [6.45, 7) is 2.05. The molecule has 0 aliphatic carbocycles. The number of halogens is 2. The monoisotopic (exact) mass is 265 g/mol. The van der Waals surface area contributed by atoms with Gasteiger partial charge in [-0.15, -0.1) is 11.6 Å². The van der Waals surface area contributed by atoms with Crippen molar-refractivity contribution in [1.82, 2.24) is 4.98 Å². The third-order valence-corrected chi connectivity index (χ3v) is 3.34. The largest absolute Gasteiger partial charge is 0.261 e. The van der Waals surface area contributed by atoms with Crippen LogP contribution in [-0.2, 0) is 6.42 Å². The molecule has 17 heavy (non-hydrogen) atoms. The molecule has 1 nitrogen and oxygen atoms in total. The maximum atomic E-state index is 6.39. The maximum Gasteiger partial charge on any atom is 0.0641 e. The Balaban J connectivity index is 2.17. The molecule has 0 amide bonds. The summed E-state index contributed by atoms with van der Waals surface area (Å²) < 4.78 is 0. The van der Waals surface area contributed by atoms with Gasteiger partial charge < -0.3 is 0 Å². The van der Waals surface area contributed by atoms with Crippen LogP contribution >= 0.6 is 23.2 Å². The van der Waals surface area contributed by atoms with Crippen LogP contribution in [0.5, 0.6) is 0 Å². The Morgan fingerprint density at radius 1 is 1.24 bits per heavy atom. The van der Waals surface area contributed by atoms with E-state index in [1.165, 1.54) is 5.56 Å². The molecule has 0 N–H and O–H groups in total. The SMILES string of the molecule is Cc1cccnc1CC(Cl)c1cccc(Cl)c1. The molecule has 0 spiro atoms. The molecule has 0 aliphatic heterocycles. The lowest BCUT2D eigenvalue weighted by Gasteiger charge is -2.11. The number of pyridine rings is 1. The first-order chi connectivity index (χ1) is 8.16. The quantitative estimate of drug-likeness (QED) is 0.742. The first-order valence-electron chi connectivity index (χ1n) is 5.47. The highest BCUT2D eigenvalue weighted by molar-refractivity contribution is 6.30. The molecule has 0 saturated heterocycles. The Labute approximate surface area is 111 Å². The summed E-state index contributed by atoms with van der Waals surface area (Å²) in [7, 11) is 0. The van der Waals surface area contributed by atoms with Gasteiger partial charge >= 0.3 is 0 Å². The van der Waals surface area contributed by atoms with Gasteiger partial charge in [-0.1, -0.05) is 29.8 Å². The van der Waals surface area contributed by atoms with Gasteiger partial charge in [0.05, 0.1) is 5.38 Å². The third-order valence-electron chi connectivity index (χ3n) is 2.70. The molecular formula is C14H13Cl2N. The maximum absolute atomic E-state index is 6.39. The summed E-state index contributed by atoms with van der Waals surface area (Å²) in [5.74, 6) is 0. The van der Waals surface area contributed by atoms with Crippen molar-refractivity contribution in [2.45, 2.75) is 18.7 Å². The molecule has 0 saturated carbocycles. The van der Waals surface area contributed by atoms with Crippen LogP contribution in [0.2, 0.25) is 5.02 Å². The molecule has 1 unspecified atom stereocenters. The fourth-order valence-electron chi connectivity index (χ4n) is 1.72. The summed E-state index contributed by atoms with van der Waals surface area (Å²) in [5.41, 5.74) is 3.23. The Kier molecular flexibility index (Phi) is 4.03. The van der Waals surface area contributed by atoms with Gasteiger partial charge in [-0.25, -0.2) is 0 Å². The topological polar surface area (TPSA) is 12.9 Å². The molecule has 0 radical (unpaired) electrons. The standard InChI is InChI=1S/C14H13Cl2N/c1-10-4-3-7-17-14(10)9-13(16)11-5-2-6-12(15)8-11/h2-8,13H,9H2,1H3. The summed E-state index contributed by atoms with van der Waals surface area (Å²) in [4.78, 5) is 4.35. The van der Waals surface area contributed by atoms with E-state index >= 15 is 0 Å². The van der Waals surface area contributed by atoms with Crippen molar-refractivity contribution in [3.8, 4) is 0 Å². The van der Waals surface area contributed by atoms with Crippen LogP contribution in [0.3, 0.4) is 0 Å². The first-order valence-corrected chi connectivity index (χ1v) is 6.28. The smallest absolute Gasteiger partial charge is 0.0641 e. The molecule has 0 fully saturated rings. The molecule has 0 aliphatic rings. The number of aromatic nitrogens is 1. The van der Waals surface area contributed by atoms with Crippen molar-refractivity contribution >= 4 is 23.2 Å². The van der Waals surface area contributed by atoms with Crippen LogP contribution in [0.25, 0.3) is 0 Å². The lowest BCUT2D eigenvalue weighted by molar-refractivity contribution is 0.870. The fraction of sp³-hybridized carbons (Fsp3) is 0.214. The van der Waals surface area contributed by atoms with Crippen LogP contribution in [0.15, 0.2) is 42.6 Å². The Morgan fingerprint density at radius 3 is 2.76 bits per heavy atom. The number of hydrogen-bond donors (Lipinski definition) is 0. The van der Waals surface area contributed by atoms with E-state index < -0.39 is 0 Å². The lowest BCUT2D eigenvalue weighted by atomic mass is 10.0. The predicted octanol–water partition coefficient (Wildman–Crippen LogP) is 4.57. The molecule has 1 aromatic heterocycles. The average molecular weight is 266 g/mol. The van der Waals surface area contributed by atoms with E-state index in [2.05, 4.69) is 4.98 Å². The Bertz CT molecular complexity index is 511. The molecule has 88 valence electrons. The number of hydrogen-bond acceptors (Lipinski definition) is 1. The Morgan fingerprint density at radius 2 is 2.06 bits per heavy atom.